The number of carbonyl (C=O) groups is 3. The molecule has 1 rings (SSSR count). The van der Waals surface area contributed by atoms with Crippen molar-refractivity contribution in [2.45, 2.75) is 6.92 Å². The first-order valence-electron chi connectivity index (χ1n) is 5.74. The third-order valence-corrected chi connectivity index (χ3v) is 2.44. The van der Waals surface area contributed by atoms with Crippen LogP contribution in [0, 0.1) is 0 Å². The lowest BCUT2D eigenvalue weighted by molar-refractivity contribution is -0.138. The highest BCUT2D eigenvalue weighted by atomic mass is 16.5. The van der Waals surface area contributed by atoms with Gasteiger partial charge in [0.25, 0.3) is 0 Å². The molecule has 0 amide bonds. The molecule has 0 spiro atoms. The molecule has 1 aromatic carbocycles. The molecule has 0 atom stereocenters. The van der Waals surface area contributed by atoms with Crippen molar-refractivity contribution < 1.29 is 23.9 Å². The highest BCUT2D eigenvalue weighted by Crippen LogP contribution is 2.18. The molecule has 0 heterocycles. The van der Waals surface area contributed by atoms with Crippen molar-refractivity contribution in [3.63, 3.8) is 0 Å². The van der Waals surface area contributed by atoms with E-state index < -0.39 is 11.9 Å². The number of esters is 2. The Morgan fingerprint density at radius 1 is 1.10 bits per heavy atom. The number of benzene rings is 1. The summed E-state index contributed by atoms with van der Waals surface area (Å²) in [4.78, 5) is 34.3. The maximum Gasteiger partial charge on any atom is 0.354 e. The summed E-state index contributed by atoms with van der Waals surface area (Å²) in [6.07, 6.45) is 0.961. The Kier molecular flexibility index (Phi) is 5.46. The van der Waals surface area contributed by atoms with E-state index in [-0.39, 0.29) is 11.5 Å². The van der Waals surface area contributed by atoms with E-state index in [0.717, 1.165) is 6.08 Å². The van der Waals surface area contributed by atoms with E-state index in [1.807, 2.05) is 0 Å². The molecular formula is C14H15NO5. The van der Waals surface area contributed by atoms with Crippen molar-refractivity contribution in [1.82, 2.24) is 0 Å². The van der Waals surface area contributed by atoms with Gasteiger partial charge in [-0.1, -0.05) is 12.1 Å². The molecule has 0 unspecified atom stereocenters. The van der Waals surface area contributed by atoms with E-state index in [4.69, 9.17) is 0 Å². The van der Waals surface area contributed by atoms with Gasteiger partial charge >= 0.3 is 11.9 Å². The van der Waals surface area contributed by atoms with Gasteiger partial charge in [0.15, 0.2) is 5.78 Å². The van der Waals surface area contributed by atoms with Gasteiger partial charge in [-0.2, -0.15) is 0 Å². The van der Waals surface area contributed by atoms with Crippen LogP contribution in [0.1, 0.15) is 17.3 Å². The fourth-order valence-electron chi connectivity index (χ4n) is 1.48. The summed E-state index contributed by atoms with van der Waals surface area (Å²) in [5, 5.41) is 2.71. The van der Waals surface area contributed by atoms with E-state index in [1.54, 1.807) is 24.3 Å². The molecule has 0 saturated heterocycles. The van der Waals surface area contributed by atoms with Crippen LogP contribution in [0.4, 0.5) is 5.69 Å². The van der Waals surface area contributed by atoms with E-state index in [2.05, 4.69) is 14.8 Å². The molecule has 0 radical (unpaired) electrons. The van der Waals surface area contributed by atoms with Gasteiger partial charge in [-0.25, -0.2) is 9.59 Å². The molecular weight excluding hydrogens is 262 g/mol. The first kappa shape index (κ1) is 15.4. The highest BCUT2D eigenvalue weighted by Gasteiger charge is 2.15. The molecule has 0 saturated carbocycles. The van der Waals surface area contributed by atoms with Crippen LogP contribution in [0.25, 0.3) is 0 Å². The standard InChI is InChI=1S/C14H15NO5/c1-9(16)10-6-4-5-7-11(10)15-12(14(18)20-3)8-13(17)19-2/h4-8,15H,1-3H3. The number of ketones is 1. The molecule has 1 aromatic rings. The maximum absolute atomic E-state index is 11.6. The van der Waals surface area contributed by atoms with Crippen LogP contribution in [0.5, 0.6) is 0 Å². The van der Waals surface area contributed by atoms with Crippen molar-refractivity contribution in [2.75, 3.05) is 19.5 Å². The number of para-hydroxylation sites is 1. The van der Waals surface area contributed by atoms with Crippen molar-refractivity contribution in [3.8, 4) is 0 Å². The Hall–Kier alpha value is -2.63. The summed E-state index contributed by atoms with van der Waals surface area (Å²) in [7, 11) is 2.38. The molecule has 0 fully saturated rings. The third kappa shape index (κ3) is 3.94. The lowest BCUT2D eigenvalue weighted by atomic mass is 10.1. The number of methoxy groups -OCH3 is 2. The Morgan fingerprint density at radius 2 is 1.75 bits per heavy atom. The van der Waals surface area contributed by atoms with Crippen molar-refractivity contribution in [2.24, 2.45) is 0 Å². The molecule has 0 aliphatic rings. The summed E-state index contributed by atoms with van der Waals surface area (Å²) >= 11 is 0. The average molecular weight is 277 g/mol. The first-order valence-corrected chi connectivity index (χ1v) is 5.74. The van der Waals surface area contributed by atoms with Crippen molar-refractivity contribution in [1.29, 1.82) is 0 Å². The van der Waals surface area contributed by atoms with Gasteiger partial charge in [0.2, 0.25) is 0 Å². The molecule has 0 aliphatic heterocycles. The quantitative estimate of drug-likeness (QED) is 0.499. The number of anilines is 1. The van der Waals surface area contributed by atoms with Gasteiger partial charge in [0.05, 0.1) is 20.3 Å². The second-order valence-electron chi connectivity index (χ2n) is 3.80. The molecule has 0 aliphatic carbocycles. The Bertz CT molecular complexity index is 562. The number of hydrogen-bond acceptors (Lipinski definition) is 6. The predicted octanol–water partition coefficient (Wildman–Crippen LogP) is 1.53. The topological polar surface area (TPSA) is 81.7 Å². The zero-order chi connectivity index (χ0) is 15.1. The minimum Gasteiger partial charge on any atom is -0.466 e. The predicted molar refractivity (Wildman–Crippen MR) is 72.2 cm³/mol. The Morgan fingerprint density at radius 3 is 2.30 bits per heavy atom. The van der Waals surface area contributed by atoms with Gasteiger partial charge in [-0.3, -0.25) is 4.79 Å². The van der Waals surface area contributed by atoms with Crippen LogP contribution >= 0.6 is 0 Å². The Labute approximate surface area is 116 Å². The average Bonchev–Trinajstić information content (AvgIpc) is 2.45. The Balaban J connectivity index is 3.14. The summed E-state index contributed by atoms with van der Waals surface area (Å²) < 4.78 is 9.03. The minimum atomic E-state index is -0.742. The molecule has 106 valence electrons. The minimum absolute atomic E-state index is 0.118. The molecule has 1 N–H and O–H groups in total. The monoisotopic (exact) mass is 277 g/mol. The summed E-state index contributed by atoms with van der Waals surface area (Å²) in [6.45, 7) is 1.41. The molecule has 0 aromatic heterocycles. The maximum atomic E-state index is 11.6. The molecule has 20 heavy (non-hydrogen) atoms. The lowest BCUT2D eigenvalue weighted by Gasteiger charge is -2.11. The largest absolute Gasteiger partial charge is 0.466 e. The fraction of sp³-hybridized carbons (Fsp3) is 0.214. The van der Waals surface area contributed by atoms with E-state index >= 15 is 0 Å². The van der Waals surface area contributed by atoms with Gasteiger partial charge in [-0.05, 0) is 19.1 Å². The summed E-state index contributed by atoms with van der Waals surface area (Å²) in [5.74, 6) is -1.62. The normalized spacial score (nSPS) is 10.7. The van der Waals surface area contributed by atoms with Gasteiger partial charge in [-0.15, -0.1) is 0 Å². The van der Waals surface area contributed by atoms with Crippen LogP contribution < -0.4 is 5.32 Å². The van der Waals surface area contributed by atoms with Gasteiger partial charge < -0.3 is 14.8 Å². The van der Waals surface area contributed by atoms with Gasteiger partial charge in [0, 0.05) is 11.3 Å². The second kappa shape index (κ2) is 7.08. The number of rotatable bonds is 5. The summed E-state index contributed by atoms with van der Waals surface area (Å²) in [5.41, 5.74) is 0.681. The number of carbonyl (C=O) groups excluding carboxylic acids is 3. The van der Waals surface area contributed by atoms with Crippen molar-refractivity contribution in [3.05, 3.63) is 41.6 Å². The highest BCUT2D eigenvalue weighted by molar-refractivity contribution is 6.03. The first-order chi connectivity index (χ1) is 9.49. The number of ether oxygens (including phenoxy) is 2. The van der Waals surface area contributed by atoms with Crippen molar-refractivity contribution >= 4 is 23.4 Å². The third-order valence-electron chi connectivity index (χ3n) is 2.44. The van der Waals surface area contributed by atoms with Crippen LogP contribution in [0.15, 0.2) is 36.0 Å². The summed E-state index contributed by atoms with van der Waals surface area (Å²) in [6, 6.07) is 6.62. The number of hydrogen-bond donors (Lipinski definition) is 1. The number of Topliss-reactive ketones (excluding diaryl/α,β-unsaturated/α-hetero) is 1. The van der Waals surface area contributed by atoms with E-state index in [1.165, 1.54) is 21.1 Å². The zero-order valence-electron chi connectivity index (χ0n) is 11.4. The van der Waals surface area contributed by atoms with Crippen LogP contribution in [-0.2, 0) is 19.1 Å². The fourth-order valence-corrected chi connectivity index (χ4v) is 1.48. The molecule has 6 heteroatoms. The van der Waals surface area contributed by atoms with Crippen LogP contribution in [0.2, 0.25) is 0 Å². The van der Waals surface area contributed by atoms with E-state index in [9.17, 15) is 14.4 Å². The smallest absolute Gasteiger partial charge is 0.354 e. The number of nitrogens with one attached hydrogen (secondary N) is 1. The second-order valence-corrected chi connectivity index (χ2v) is 3.80. The van der Waals surface area contributed by atoms with Crippen LogP contribution in [-0.4, -0.2) is 31.9 Å². The van der Waals surface area contributed by atoms with Gasteiger partial charge in [0.1, 0.15) is 5.70 Å². The molecule has 0 bridgehead atoms. The van der Waals surface area contributed by atoms with Crippen LogP contribution in [0.3, 0.4) is 0 Å². The SMILES string of the molecule is COC(=O)C=C(Nc1ccccc1C(C)=O)C(=O)OC. The lowest BCUT2D eigenvalue weighted by Crippen LogP contribution is -2.16. The molecule has 6 nitrogen and oxygen atoms in total. The van der Waals surface area contributed by atoms with E-state index in [0.29, 0.717) is 11.3 Å². The zero-order valence-corrected chi connectivity index (χ0v) is 11.4.